The fourth-order valence-corrected chi connectivity index (χ4v) is 2.88. The number of hydrogen-bond donors (Lipinski definition) is 1. The largest absolute Gasteiger partial charge is 0.392 e. The van der Waals surface area contributed by atoms with Crippen LogP contribution in [-0.2, 0) is 13.2 Å². The third kappa shape index (κ3) is 2.89. The van der Waals surface area contributed by atoms with E-state index < -0.39 is 0 Å². The van der Waals surface area contributed by atoms with E-state index in [-0.39, 0.29) is 6.61 Å². The molecule has 1 N–H and O–H groups in total. The van der Waals surface area contributed by atoms with Crippen LogP contribution in [-0.4, -0.2) is 19.5 Å². The van der Waals surface area contributed by atoms with E-state index in [2.05, 4.69) is 21.5 Å². The van der Waals surface area contributed by atoms with Crippen LogP contribution in [0.25, 0.3) is 0 Å². The molecule has 1 saturated carbocycles. The second-order valence-electron chi connectivity index (χ2n) is 5.43. The second kappa shape index (κ2) is 5.61. The van der Waals surface area contributed by atoms with Gasteiger partial charge in [0.2, 0.25) is 0 Å². The summed E-state index contributed by atoms with van der Waals surface area (Å²) in [6, 6.07) is 4.64. The monoisotopic (exact) mass is 259 g/mol. The van der Waals surface area contributed by atoms with Crippen LogP contribution in [0, 0.1) is 0 Å². The van der Waals surface area contributed by atoms with Crippen molar-refractivity contribution in [3.63, 3.8) is 0 Å². The zero-order chi connectivity index (χ0) is 13.1. The van der Waals surface area contributed by atoms with E-state index in [4.69, 9.17) is 10.2 Å². The molecule has 3 rings (SSSR count). The summed E-state index contributed by atoms with van der Waals surface area (Å²) in [7, 11) is 0. The van der Waals surface area contributed by atoms with Crippen LogP contribution in [0.2, 0.25) is 0 Å². The summed E-state index contributed by atoms with van der Waals surface area (Å²) in [5.41, 5.74) is 2.04. The highest BCUT2D eigenvalue weighted by Crippen LogP contribution is 2.27. The van der Waals surface area contributed by atoms with Crippen molar-refractivity contribution in [3.8, 4) is 0 Å². The topological polar surface area (TPSA) is 43.0 Å². The molecule has 0 unspecified atom stereocenters. The van der Waals surface area contributed by atoms with Crippen LogP contribution in [0.4, 0.5) is 0 Å². The quantitative estimate of drug-likeness (QED) is 0.917. The lowest BCUT2D eigenvalue weighted by Crippen LogP contribution is -2.13. The molecule has 0 aromatic carbocycles. The molecule has 19 heavy (non-hydrogen) atoms. The molecule has 2 heterocycles. The molecule has 102 valence electrons. The van der Waals surface area contributed by atoms with Gasteiger partial charge in [0, 0.05) is 18.6 Å². The summed E-state index contributed by atoms with van der Waals surface area (Å²) < 4.78 is 4.21. The Labute approximate surface area is 113 Å². The van der Waals surface area contributed by atoms with Crippen LogP contribution in [0.15, 0.2) is 30.7 Å². The Bertz CT molecular complexity index is 523. The van der Waals surface area contributed by atoms with E-state index in [1.165, 1.54) is 32.1 Å². The van der Waals surface area contributed by atoms with Crippen molar-refractivity contribution in [1.29, 1.82) is 0 Å². The Hall–Kier alpha value is -1.55. The van der Waals surface area contributed by atoms with Crippen LogP contribution < -0.4 is 0 Å². The van der Waals surface area contributed by atoms with E-state index in [0.717, 1.165) is 17.8 Å². The lowest BCUT2D eigenvalue weighted by molar-refractivity contribution is 0.281. The first kappa shape index (κ1) is 12.5. The van der Waals surface area contributed by atoms with Gasteiger partial charge in [-0.05, 0) is 30.5 Å². The molecule has 0 radical (unpaired) electrons. The third-order valence-electron chi connectivity index (χ3n) is 3.95. The molecular weight excluding hydrogens is 238 g/mol. The van der Waals surface area contributed by atoms with E-state index in [0.29, 0.717) is 6.04 Å². The van der Waals surface area contributed by atoms with Crippen molar-refractivity contribution in [3.05, 3.63) is 42.0 Å². The first-order valence-corrected chi connectivity index (χ1v) is 7.15. The van der Waals surface area contributed by atoms with Crippen molar-refractivity contribution in [2.45, 2.75) is 51.3 Å². The first-order valence-electron chi connectivity index (χ1n) is 7.15. The van der Waals surface area contributed by atoms with Crippen molar-refractivity contribution in [2.75, 3.05) is 0 Å². The summed E-state index contributed by atoms with van der Waals surface area (Å²) in [6.07, 6.45) is 12.6. The molecule has 0 amide bonds. The molecule has 1 fully saturated rings. The Morgan fingerprint density at radius 2 is 2.00 bits per heavy atom. The van der Waals surface area contributed by atoms with Crippen molar-refractivity contribution < 1.29 is 5.11 Å². The summed E-state index contributed by atoms with van der Waals surface area (Å²) in [4.78, 5) is 0. The summed E-state index contributed by atoms with van der Waals surface area (Å²) >= 11 is 0. The first-order chi connectivity index (χ1) is 9.35. The number of aliphatic hydroxyl groups is 1. The second-order valence-corrected chi connectivity index (χ2v) is 5.43. The average Bonchev–Trinajstić information content (AvgIpc) is 3.09. The molecule has 4 heteroatoms. The molecule has 0 bridgehead atoms. The molecule has 0 spiro atoms. The highest BCUT2D eigenvalue weighted by atomic mass is 16.3. The van der Waals surface area contributed by atoms with E-state index in [9.17, 15) is 0 Å². The average molecular weight is 259 g/mol. The van der Waals surface area contributed by atoms with E-state index in [1.807, 2.05) is 18.5 Å². The maximum atomic E-state index is 9.06. The highest BCUT2D eigenvalue weighted by molar-refractivity contribution is 5.11. The summed E-state index contributed by atoms with van der Waals surface area (Å²) in [5, 5.41) is 13.8. The SMILES string of the molecule is OCc1ccn(Cc2ccn(C3CCCCC3)n2)c1. The van der Waals surface area contributed by atoms with Crippen LogP contribution in [0.3, 0.4) is 0 Å². The highest BCUT2D eigenvalue weighted by Gasteiger charge is 2.15. The standard InChI is InChI=1S/C15H21N3O/c19-12-13-6-8-17(10-13)11-14-7-9-18(16-14)15-4-2-1-3-5-15/h6-10,15,19H,1-5,11-12H2. The number of nitrogens with zero attached hydrogens (tertiary/aromatic N) is 3. The fourth-order valence-electron chi connectivity index (χ4n) is 2.88. The van der Waals surface area contributed by atoms with Crippen molar-refractivity contribution in [2.24, 2.45) is 0 Å². The van der Waals surface area contributed by atoms with Crippen molar-refractivity contribution >= 4 is 0 Å². The molecule has 0 aliphatic heterocycles. The number of rotatable bonds is 4. The Morgan fingerprint density at radius 1 is 1.16 bits per heavy atom. The third-order valence-corrected chi connectivity index (χ3v) is 3.95. The molecule has 4 nitrogen and oxygen atoms in total. The number of aromatic nitrogens is 3. The van der Waals surface area contributed by atoms with Gasteiger partial charge >= 0.3 is 0 Å². The smallest absolute Gasteiger partial charge is 0.0821 e. The maximum absolute atomic E-state index is 9.06. The minimum absolute atomic E-state index is 0.101. The van der Waals surface area contributed by atoms with Gasteiger partial charge in [0.1, 0.15) is 0 Å². The van der Waals surface area contributed by atoms with Gasteiger partial charge in [-0.25, -0.2) is 0 Å². The zero-order valence-corrected chi connectivity index (χ0v) is 11.2. The maximum Gasteiger partial charge on any atom is 0.0821 e. The molecule has 1 aliphatic carbocycles. The van der Waals surface area contributed by atoms with E-state index >= 15 is 0 Å². The van der Waals surface area contributed by atoms with Gasteiger partial charge in [0.05, 0.1) is 24.9 Å². The van der Waals surface area contributed by atoms with Gasteiger partial charge < -0.3 is 9.67 Å². The number of aliphatic hydroxyl groups excluding tert-OH is 1. The lowest BCUT2D eigenvalue weighted by Gasteiger charge is -2.21. The van der Waals surface area contributed by atoms with Gasteiger partial charge in [0.15, 0.2) is 0 Å². The van der Waals surface area contributed by atoms with Gasteiger partial charge in [-0.2, -0.15) is 5.10 Å². The minimum Gasteiger partial charge on any atom is -0.392 e. The van der Waals surface area contributed by atoms with Crippen LogP contribution in [0.1, 0.15) is 49.4 Å². The molecule has 2 aromatic rings. The van der Waals surface area contributed by atoms with Crippen LogP contribution in [0.5, 0.6) is 0 Å². The van der Waals surface area contributed by atoms with E-state index in [1.54, 1.807) is 0 Å². The molecule has 1 aliphatic rings. The minimum atomic E-state index is 0.101. The summed E-state index contributed by atoms with van der Waals surface area (Å²) in [5.74, 6) is 0. The molecule has 2 aromatic heterocycles. The predicted octanol–water partition coefficient (Wildman–Crippen LogP) is 2.73. The van der Waals surface area contributed by atoms with Gasteiger partial charge in [-0.15, -0.1) is 0 Å². The molecule has 0 atom stereocenters. The Balaban J connectivity index is 1.67. The van der Waals surface area contributed by atoms with Gasteiger partial charge in [-0.3, -0.25) is 4.68 Å². The molecule has 0 saturated heterocycles. The lowest BCUT2D eigenvalue weighted by atomic mass is 9.96. The zero-order valence-electron chi connectivity index (χ0n) is 11.2. The normalized spacial score (nSPS) is 16.9. The predicted molar refractivity (Wildman–Crippen MR) is 73.8 cm³/mol. The Morgan fingerprint density at radius 3 is 2.74 bits per heavy atom. The van der Waals surface area contributed by atoms with Gasteiger partial charge in [0.25, 0.3) is 0 Å². The van der Waals surface area contributed by atoms with Gasteiger partial charge in [-0.1, -0.05) is 19.3 Å². The molecular formula is C15H21N3O. The fraction of sp³-hybridized carbons (Fsp3) is 0.533. The number of hydrogen-bond acceptors (Lipinski definition) is 2. The Kier molecular flexibility index (Phi) is 3.69. The van der Waals surface area contributed by atoms with Crippen LogP contribution >= 0.6 is 0 Å². The summed E-state index contributed by atoms with van der Waals surface area (Å²) in [6.45, 7) is 0.878. The van der Waals surface area contributed by atoms with Crippen molar-refractivity contribution in [1.82, 2.24) is 14.3 Å².